The monoisotopic (exact) mass is 335 g/mol. The fourth-order valence-corrected chi connectivity index (χ4v) is 1.85. The molecule has 0 aromatic heterocycles. The lowest BCUT2D eigenvalue weighted by molar-refractivity contribution is -0.384. The van der Waals surface area contributed by atoms with Gasteiger partial charge in [-0.25, -0.2) is 0 Å². The minimum Gasteiger partial charge on any atom is -0.382 e. The lowest BCUT2D eigenvalue weighted by atomic mass is 10.1. The third-order valence-corrected chi connectivity index (χ3v) is 3.07. The highest BCUT2D eigenvalue weighted by atomic mass is 19.4. The van der Waals surface area contributed by atoms with Crippen molar-refractivity contribution in [3.05, 3.63) is 33.9 Å². The van der Waals surface area contributed by atoms with Crippen LogP contribution >= 0.6 is 0 Å². The number of nitrogens with zero attached hydrogens (tertiary/aromatic N) is 3. The second-order valence-corrected chi connectivity index (χ2v) is 5.10. The van der Waals surface area contributed by atoms with Crippen LogP contribution in [0.2, 0.25) is 0 Å². The Bertz CT molecular complexity index is 605. The minimum atomic E-state index is -4.86. The summed E-state index contributed by atoms with van der Waals surface area (Å²) in [6.45, 7) is -0.974. The normalized spacial score (nSPS) is 12.7. The van der Waals surface area contributed by atoms with Gasteiger partial charge in [-0.3, -0.25) is 14.9 Å². The number of nitro benzene ring substituents is 1. The highest BCUT2D eigenvalue weighted by molar-refractivity contribution is 6.00. The number of non-ortho nitro benzene ring substituents is 1. The van der Waals surface area contributed by atoms with Crippen molar-refractivity contribution < 1.29 is 28.0 Å². The summed E-state index contributed by atoms with van der Waals surface area (Å²) in [5, 5.41) is 19.8. The standard InChI is InChI=1S/C13H16F3N3O4/c1-17(2)10-5-4-8(19(22)23)6-9(10)12(21)18(3)7-11(20)13(14,15)16/h4-6,11,20H,7H2,1-3H3. The third kappa shape index (κ3) is 4.55. The highest BCUT2D eigenvalue weighted by Crippen LogP contribution is 2.26. The number of carbonyl (C=O) groups is 1. The number of hydrogen-bond acceptors (Lipinski definition) is 5. The van der Waals surface area contributed by atoms with Gasteiger partial charge < -0.3 is 14.9 Å². The molecule has 0 saturated heterocycles. The zero-order chi connectivity index (χ0) is 17.9. The predicted octanol–water partition coefficient (Wildman–Crippen LogP) is 1.66. The first-order valence-corrected chi connectivity index (χ1v) is 6.41. The van der Waals surface area contributed by atoms with Crippen LogP contribution in [0.15, 0.2) is 18.2 Å². The van der Waals surface area contributed by atoms with E-state index in [0.717, 1.165) is 13.1 Å². The van der Waals surface area contributed by atoms with Crippen LogP contribution in [0.5, 0.6) is 0 Å². The van der Waals surface area contributed by atoms with E-state index < -0.39 is 29.7 Å². The Morgan fingerprint density at radius 2 is 1.91 bits per heavy atom. The molecule has 0 spiro atoms. The summed E-state index contributed by atoms with van der Waals surface area (Å²) in [6.07, 6.45) is -7.56. The average molecular weight is 335 g/mol. The number of benzene rings is 1. The summed E-state index contributed by atoms with van der Waals surface area (Å²) < 4.78 is 37.1. The molecular weight excluding hydrogens is 319 g/mol. The molecule has 10 heteroatoms. The third-order valence-electron chi connectivity index (χ3n) is 3.07. The summed E-state index contributed by atoms with van der Waals surface area (Å²) in [5.74, 6) is -0.860. The van der Waals surface area contributed by atoms with Gasteiger partial charge in [-0.1, -0.05) is 0 Å². The zero-order valence-corrected chi connectivity index (χ0v) is 12.7. The van der Waals surface area contributed by atoms with E-state index in [1.54, 1.807) is 14.1 Å². The second kappa shape index (κ2) is 6.82. The molecule has 0 bridgehead atoms. The Hall–Kier alpha value is -2.36. The Kier molecular flexibility index (Phi) is 5.54. The van der Waals surface area contributed by atoms with E-state index in [4.69, 9.17) is 5.11 Å². The smallest absolute Gasteiger partial charge is 0.382 e. The molecule has 0 saturated carbocycles. The van der Waals surface area contributed by atoms with Crippen molar-refractivity contribution in [2.24, 2.45) is 0 Å². The Morgan fingerprint density at radius 1 is 1.35 bits per heavy atom. The summed E-state index contributed by atoms with van der Waals surface area (Å²) in [6, 6.07) is 3.52. The number of amides is 1. The molecular formula is C13H16F3N3O4. The molecule has 0 aliphatic heterocycles. The van der Waals surface area contributed by atoms with Gasteiger partial charge in [0, 0.05) is 39.0 Å². The van der Waals surface area contributed by atoms with E-state index in [1.807, 2.05) is 0 Å². The van der Waals surface area contributed by atoms with Gasteiger partial charge in [0.1, 0.15) is 0 Å². The molecule has 0 aliphatic rings. The van der Waals surface area contributed by atoms with Crippen molar-refractivity contribution in [1.29, 1.82) is 0 Å². The van der Waals surface area contributed by atoms with Crippen molar-refractivity contribution in [3.8, 4) is 0 Å². The Labute approximate surface area is 130 Å². The number of alkyl halides is 3. The maximum absolute atomic E-state index is 12.4. The first-order valence-electron chi connectivity index (χ1n) is 6.41. The van der Waals surface area contributed by atoms with Crippen molar-refractivity contribution in [2.45, 2.75) is 12.3 Å². The number of rotatable bonds is 5. The number of nitro groups is 1. The van der Waals surface area contributed by atoms with Gasteiger partial charge >= 0.3 is 6.18 Å². The second-order valence-electron chi connectivity index (χ2n) is 5.10. The lowest BCUT2D eigenvalue weighted by Gasteiger charge is -2.24. The summed E-state index contributed by atoms with van der Waals surface area (Å²) in [4.78, 5) is 24.6. The maximum atomic E-state index is 12.4. The van der Waals surface area contributed by atoms with Crippen molar-refractivity contribution in [2.75, 3.05) is 32.6 Å². The molecule has 0 radical (unpaired) electrons. The molecule has 1 unspecified atom stereocenters. The number of carbonyl (C=O) groups excluding carboxylic acids is 1. The molecule has 1 aromatic rings. The van der Waals surface area contributed by atoms with Crippen molar-refractivity contribution in [1.82, 2.24) is 4.90 Å². The van der Waals surface area contributed by atoms with E-state index in [9.17, 15) is 28.1 Å². The molecule has 1 amide bonds. The van der Waals surface area contributed by atoms with Gasteiger partial charge in [0.05, 0.1) is 17.0 Å². The quantitative estimate of drug-likeness (QED) is 0.653. The molecule has 7 nitrogen and oxygen atoms in total. The molecule has 0 aliphatic carbocycles. The van der Waals surface area contributed by atoms with Crippen LogP contribution in [0.1, 0.15) is 10.4 Å². The first kappa shape index (κ1) is 18.7. The number of anilines is 1. The number of hydrogen-bond donors (Lipinski definition) is 1. The topological polar surface area (TPSA) is 86.9 Å². The Balaban J connectivity index is 3.14. The lowest BCUT2D eigenvalue weighted by Crippen LogP contribution is -2.42. The van der Waals surface area contributed by atoms with E-state index in [2.05, 4.69) is 0 Å². The van der Waals surface area contributed by atoms with E-state index >= 15 is 0 Å². The van der Waals surface area contributed by atoms with Crippen molar-refractivity contribution in [3.63, 3.8) is 0 Å². The summed E-state index contributed by atoms with van der Waals surface area (Å²) >= 11 is 0. The van der Waals surface area contributed by atoms with Crippen LogP contribution in [0.25, 0.3) is 0 Å². The molecule has 23 heavy (non-hydrogen) atoms. The van der Waals surface area contributed by atoms with E-state index in [-0.39, 0.29) is 11.3 Å². The zero-order valence-electron chi connectivity index (χ0n) is 12.7. The van der Waals surface area contributed by atoms with Crippen LogP contribution in [-0.2, 0) is 0 Å². The van der Waals surface area contributed by atoms with E-state index in [0.29, 0.717) is 10.6 Å². The maximum Gasteiger partial charge on any atom is 0.416 e. The fraction of sp³-hybridized carbons (Fsp3) is 0.462. The van der Waals surface area contributed by atoms with Crippen molar-refractivity contribution >= 4 is 17.3 Å². The number of likely N-dealkylation sites (N-methyl/N-ethyl adjacent to an activating group) is 1. The first-order chi connectivity index (χ1) is 10.4. The number of halogens is 3. The molecule has 128 valence electrons. The van der Waals surface area contributed by atoms with Gasteiger partial charge in [0.15, 0.2) is 6.10 Å². The predicted molar refractivity (Wildman–Crippen MR) is 76.4 cm³/mol. The highest BCUT2D eigenvalue weighted by Gasteiger charge is 2.39. The average Bonchev–Trinajstić information content (AvgIpc) is 2.44. The molecule has 0 heterocycles. The molecule has 1 aromatic carbocycles. The van der Waals surface area contributed by atoms with Crippen LogP contribution in [-0.4, -0.2) is 60.8 Å². The summed E-state index contributed by atoms with van der Waals surface area (Å²) in [7, 11) is 4.25. The fourth-order valence-electron chi connectivity index (χ4n) is 1.85. The number of aliphatic hydroxyl groups excluding tert-OH is 1. The van der Waals surface area contributed by atoms with Gasteiger partial charge in [-0.15, -0.1) is 0 Å². The molecule has 1 rings (SSSR count). The van der Waals surface area contributed by atoms with Crippen LogP contribution in [0.3, 0.4) is 0 Å². The number of aliphatic hydroxyl groups is 1. The SMILES string of the molecule is CN(CC(O)C(F)(F)F)C(=O)c1cc([N+](=O)[O-])ccc1N(C)C. The van der Waals surface area contributed by atoms with Gasteiger partial charge in [-0.05, 0) is 6.07 Å². The van der Waals surface area contributed by atoms with Gasteiger partial charge in [0.25, 0.3) is 11.6 Å². The molecule has 1 atom stereocenters. The van der Waals surface area contributed by atoms with Crippen LogP contribution in [0.4, 0.5) is 24.5 Å². The van der Waals surface area contributed by atoms with E-state index in [1.165, 1.54) is 17.0 Å². The summed E-state index contributed by atoms with van der Waals surface area (Å²) in [5.41, 5.74) is -0.168. The minimum absolute atomic E-state index is 0.124. The van der Waals surface area contributed by atoms with Crippen LogP contribution < -0.4 is 4.90 Å². The Morgan fingerprint density at radius 3 is 2.35 bits per heavy atom. The molecule has 0 fully saturated rings. The van der Waals surface area contributed by atoms with Crippen LogP contribution in [0, 0.1) is 10.1 Å². The molecule has 1 N–H and O–H groups in total. The largest absolute Gasteiger partial charge is 0.416 e. The van der Waals surface area contributed by atoms with Gasteiger partial charge in [0.2, 0.25) is 0 Å². The van der Waals surface area contributed by atoms with Gasteiger partial charge in [-0.2, -0.15) is 13.2 Å².